The van der Waals surface area contributed by atoms with Gasteiger partial charge in [0.25, 0.3) is 0 Å². The first-order chi connectivity index (χ1) is 19.3. The maximum Gasteiger partial charge on any atom is 0.229 e. The van der Waals surface area contributed by atoms with Gasteiger partial charge in [-0.15, -0.1) is 0 Å². The lowest BCUT2D eigenvalue weighted by Crippen LogP contribution is -2.45. The van der Waals surface area contributed by atoms with E-state index in [4.69, 9.17) is 0 Å². The summed E-state index contributed by atoms with van der Waals surface area (Å²) in [6.07, 6.45) is 9.94. The highest BCUT2D eigenvalue weighted by Gasteiger charge is 2.36. The minimum Gasteiger partial charge on any atom is -0.324 e. The van der Waals surface area contributed by atoms with Gasteiger partial charge in [0, 0.05) is 30.5 Å². The summed E-state index contributed by atoms with van der Waals surface area (Å²) in [5.74, 6) is 1.26. The van der Waals surface area contributed by atoms with Crippen LogP contribution in [0.25, 0.3) is 22.4 Å². The van der Waals surface area contributed by atoms with Gasteiger partial charge in [-0.3, -0.25) is 4.90 Å². The summed E-state index contributed by atoms with van der Waals surface area (Å²) in [4.78, 5) is 27.2. The van der Waals surface area contributed by atoms with E-state index in [2.05, 4.69) is 71.6 Å². The van der Waals surface area contributed by atoms with E-state index < -0.39 is 5.82 Å². The van der Waals surface area contributed by atoms with Crippen LogP contribution in [-0.2, 0) is 6.54 Å². The van der Waals surface area contributed by atoms with E-state index in [1.54, 1.807) is 6.20 Å². The number of nitrogens with one attached hydrogen (secondary N) is 1. The highest BCUT2D eigenvalue weighted by atomic mass is 19.1. The Hall–Kier alpha value is -3.50. The molecule has 2 fully saturated rings. The van der Waals surface area contributed by atoms with Crippen LogP contribution in [0.5, 0.6) is 0 Å². The molecule has 6 heterocycles. The second-order valence-corrected chi connectivity index (χ2v) is 11.8. The molecule has 1 spiro atoms. The van der Waals surface area contributed by atoms with Crippen molar-refractivity contribution in [1.29, 1.82) is 0 Å². The van der Waals surface area contributed by atoms with Gasteiger partial charge in [-0.05, 0) is 103 Å². The van der Waals surface area contributed by atoms with Gasteiger partial charge in [0.2, 0.25) is 5.95 Å². The van der Waals surface area contributed by atoms with E-state index in [0.29, 0.717) is 22.4 Å². The van der Waals surface area contributed by atoms with Crippen LogP contribution in [0.15, 0.2) is 36.8 Å². The van der Waals surface area contributed by atoms with Crippen molar-refractivity contribution in [1.82, 2.24) is 39.3 Å². The Kier molecular flexibility index (Phi) is 7.22. The van der Waals surface area contributed by atoms with E-state index in [0.717, 1.165) is 31.0 Å². The molecule has 0 unspecified atom stereocenters. The summed E-state index contributed by atoms with van der Waals surface area (Å²) < 4.78 is 16.9. The number of nitrogens with zero attached hydrogens (tertiary/aromatic N) is 8. The third-order valence-corrected chi connectivity index (χ3v) is 8.69. The molecule has 0 aromatic carbocycles. The number of imidazole rings is 1. The van der Waals surface area contributed by atoms with Gasteiger partial charge < -0.3 is 14.8 Å². The number of aromatic nitrogens is 6. The molecule has 0 bridgehead atoms. The molecule has 10 heteroatoms. The molecule has 0 aliphatic carbocycles. The third-order valence-electron chi connectivity index (χ3n) is 8.69. The van der Waals surface area contributed by atoms with E-state index in [1.165, 1.54) is 50.5 Å². The monoisotopic (exact) mass is 543 g/mol. The minimum absolute atomic E-state index is 0.185. The van der Waals surface area contributed by atoms with Crippen LogP contribution in [0.2, 0.25) is 0 Å². The smallest absolute Gasteiger partial charge is 0.229 e. The molecule has 0 amide bonds. The number of hydrogen-bond acceptors (Lipinski definition) is 8. The quantitative estimate of drug-likeness (QED) is 0.348. The van der Waals surface area contributed by atoms with Crippen molar-refractivity contribution in [3.63, 3.8) is 0 Å². The van der Waals surface area contributed by atoms with Crippen LogP contribution in [0.3, 0.4) is 0 Å². The summed E-state index contributed by atoms with van der Waals surface area (Å²) in [5.41, 5.74) is 3.98. The second kappa shape index (κ2) is 10.8. The predicted octanol–water partition coefficient (Wildman–Crippen LogP) is 5.36. The standard InChI is InChI=1S/C30H38FN9/c1-20(2)40-21(3)35-28-25(40)15-23(17-33-28)27-24(31)18-34-29(37-27)36-26-6-5-22(16-32-26)19-39-13-9-30(10-14-39)7-11-38(4)12-8-30/h5-6,15-18,20H,7-14,19H2,1-4H3,(H,32,34,36,37). The zero-order chi connectivity index (χ0) is 27.9. The summed E-state index contributed by atoms with van der Waals surface area (Å²) in [6, 6.07) is 6.11. The average molecular weight is 544 g/mol. The predicted molar refractivity (Wildman–Crippen MR) is 155 cm³/mol. The molecule has 0 saturated carbocycles. The molecular weight excluding hydrogens is 505 g/mol. The van der Waals surface area contributed by atoms with Crippen LogP contribution >= 0.6 is 0 Å². The van der Waals surface area contributed by atoms with Gasteiger partial charge in [0.15, 0.2) is 11.5 Å². The minimum atomic E-state index is -0.508. The lowest BCUT2D eigenvalue weighted by Gasteiger charge is -2.46. The molecule has 0 radical (unpaired) electrons. The van der Waals surface area contributed by atoms with Gasteiger partial charge in [-0.2, -0.15) is 0 Å². The largest absolute Gasteiger partial charge is 0.324 e. The maximum atomic E-state index is 14.8. The molecule has 9 nitrogen and oxygen atoms in total. The van der Waals surface area contributed by atoms with Crippen molar-refractivity contribution in [2.45, 2.75) is 59.0 Å². The van der Waals surface area contributed by atoms with Crippen LogP contribution < -0.4 is 5.32 Å². The van der Waals surface area contributed by atoms with Gasteiger partial charge in [-0.1, -0.05) is 6.07 Å². The van der Waals surface area contributed by atoms with Crippen molar-refractivity contribution in [3.8, 4) is 11.3 Å². The van der Waals surface area contributed by atoms with E-state index in [9.17, 15) is 4.39 Å². The second-order valence-electron chi connectivity index (χ2n) is 11.8. The topological polar surface area (TPSA) is 87.9 Å². The number of aryl methyl sites for hydroxylation is 1. The number of piperidine rings is 2. The molecule has 6 rings (SSSR count). The first-order valence-electron chi connectivity index (χ1n) is 14.3. The molecule has 2 aliphatic rings. The summed E-state index contributed by atoms with van der Waals surface area (Å²) in [6.45, 7) is 11.8. The fourth-order valence-corrected chi connectivity index (χ4v) is 6.24. The van der Waals surface area contributed by atoms with Crippen molar-refractivity contribution >= 4 is 22.9 Å². The zero-order valence-corrected chi connectivity index (χ0v) is 23.9. The summed E-state index contributed by atoms with van der Waals surface area (Å²) >= 11 is 0. The van der Waals surface area contributed by atoms with Gasteiger partial charge in [0.1, 0.15) is 17.3 Å². The normalized spacial score (nSPS) is 18.1. The van der Waals surface area contributed by atoms with Crippen LogP contribution in [0, 0.1) is 18.2 Å². The first-order valence-corrected chi connectivity index (χ1v) is 14.3. The summed E-state index contributed by atoms with van der Waals surface area (Å²) in [5, 5.41) is 3.13. The lowest BCUT2D eigenvalue weighted by atomic mass is 9.71. The Morgan fingerprint density at radius 1 is 0.950 bits per heavy atom. The molecule has 40 heavy (non-hydrogen) atoms. The fourth-order valence-electron chi connectivity index (χ4n) is 6.24. The number of anilines is 2. The molecule has 0 atom stereocenters. The first kappa shape index (κ1) is 26.7. The Labute approximate surface area is 234 Å². The van der Waals surface area contributed by atoms with Gasteiger partial charge >= 0.3 is 0 Å². The van der Waals surface area contributed by atoms with Crippen molar-refractivity contribution in [3.05, 3.63) is 54.0 Å². The molecule has 2 aliphatic heterocycles. The summed E-state index contributed by atoms with van der Waals surface area (Å²) in [7, 11) is 2.23. The number of rotatable bonds is 6. The SMILES string of the molecule is Cc1nc2ncc(-c3nc(Nc4ccc(CN5CCC6(CCN(C)CC6)CC5)cn4)ncc3F)cc2n1C(C)C. The Morgan fingerprint density at radius 3 is 2.40 bits per heavy atom. The van der Waals surface area contributed by atoms with E-state index in [-0.39, 0.29) is 17.7 Å². The van der Waals surface area contributed by atoms with Crippen molar-refractivity contribution in [2.75, 3.05) is 38.5 Å². The number of pyridine rings is 2. The van der Waals surface area contributed by atoms with Crippen molar-refractivity contribution in [2.24, 2.45) is 5.41 Å². The van der Waals surface area contributed by atoms with Gasteiger partial charge in [0.05, 0.1) is 11.7 Å². The van der Waals surface area contributed by atoms with Crippen LogP contribution in [-0.4, -0.2) is 72.5 Å². The lowest BCUT2D eigenvalue weighted by molar-refractivity contribution is 0.0400. The van der Waals surface area contributed by atoms with E-state index >= 15 is 0 Å². The zero-order valence-electron chi connectivity index (χ0n) is 23.9. The fraction of sp³-hybridized carbons (Fsp3) is 0.500. The third kappa shape index (κ3) is 5.42. The number of halogens is 1. The maximum absolute atomic E-state index is 14.8. The van der Waals surface area contributed by atoms with Gasteiger partial charge in [-0.25, -0.2) is 29.3 Å². The Morgan fingerprint density at radius 2 is 1.70 bits per heavy atom. The number of likely N-dealkylation sites (tertiary alicyclic amines) is 2. The molecule has 2 saturated heterocycles. The average Bonchev–Trinajstić information content (AvgIpc) is 3.29. The number of fused-ring (bicyclic) bond motifs is 1. The highest BCUT2D eigenvalue weighted by molar-refractivity contribution is 5.78. The molecule has 1 N–H and O–H groups in total. The molecule has 210 valence electrons. The van der Waals surface area contributed by atoms with Crippen molar-refractivity contribution < 1.29 is 4.39 Å². The number of hydrogen-bond donors (Lipinski definition) is 1. The Bertz CT molecular complexity index is 1480. The van der Waals surface area contributed by atoms with Crippen LogP contribution in [0.1, 0.15) is 57.0 Å². The highest BCUT2D eigenvalue weighted by Crippen LogP contribution is 2.41. The molecule has 4 aromatic rings. The van der Waals surface area contributed by atoms with Crippen LogP contribution in [0.4, 0.5) is 16.2 Å². The van der Waals surface area contributed by atoms with E-state index in [1.807, 2.05) is 25.3 Å². The Balaban J connectivity index is 1.12. The molecular formula is C30H38FN9. The molecule has 4 aromatic heterocycles.